The SMILES string of the molecule is CC(C)(O)[C@H](F)CNC(=O)c1cnc(Cl)cc1NC1CCCC(F)(F)C1O. The summed E-state index contributed by atoms with van der Waals surface area (Å²) in [6, 6.07) is 0.294. The van der Waals surface area contributed by atoms with Crippen LogP contribution >= 0.6 is 11.6 Å². The molecule has 1 aliphatic carbocycles. The molecule has 1 saturated carbocycles. The molecule has 6 nitrogen and oxygen atoms in total. The number of anilines is 1. The van der Waals surface area contributed by atoms with Crippen LogP contribution in [0.1, 0.15) is 43.5 Å². The maximum atomic E-state index is 13.8. The Bertz CT molecular complexity index is 685. The van der Waals surface area contributed by atoms with Crippen molar-refractivity contribution in [3.05, 3.63) is 23.0 Å². The molecule has 4 N–H and O–H groups in total. The molecule has 0 aromatic carbocycles. The summed E-state index contributed by atoms with van der Waals surface area (Å²) in [6.45, 7) is 2.09. The lowest BCUT2D eigenvalue weighted by Gasteiger charge is -2.35. The van der Waals surface area contributed by atoms with E-state index in [1.54, 1.807) is 0 Å². The average Bonchev–Trinajstić information content (AvgIpc) is 2.55. The molecule has 152 valence electrons. The fourth-order valence-corrected chi connectivity index (χ4v) is 2.92. The second kappa shape index (κ2) is 8.20. The summed E-state index contributed by atoms with van der Waals surface area (Å²) in [5.41, 5.74) is -1.57. The monoisotopic (exact) mass is 409 g/mol. The molecule has 1 aromatic heterocycles. The lowest BCUT2D eigenvalue weighted by molar-refractivity contribution is -0.135. The van der Waals surface area contributed by atoms with E-state index in [2.05, 4.69) is 15.6 Å². The highest BCUT2D eigenvalue weighted by Gasteiger charge is 2.46. The van der Waals surface area contributed by atoms with Gasteiger partial charge in [0.05, 0.1) is 29.4 Å². The van der Waals surface area contributed by atoms with Crippen LogP contribution in [0.4, 0.5) is 18.9 Å². The number of aromatic nitrogens is 1. The molecule has 1 amide bonds. The molecule has 1 aromatic rings. The number of halogens is 4. The summed E-state index contributed by atoms with van der Waals surface area (Å²) < 4.78 is 41.3. The van der Waals surface area contributed by atoms with Crippen LogP contribution in [-0.4, -0.2) is 57.5 Å². The zero-order valence-electron chi connectivity index (χ0n) is 15.0. The molecular formula is C17H23ClF3N3O3. The van der Waals surface area contributed by atoms with Gasteiger partial charge in [0.15, 0.2) is 0 Å². The molecule has 1 heterocycles. The zero-order chi connectivity index (χ0) is 20.4. The van der Waals surface area contributed by atoms with Crippen LogP contribution < -0.4 is 10.6 Å². The Kier molecular flexibility index (Phi) is 6.59. The highest BCUT2D eigenvalue weighted by Crippen LogP contribution is 2.35. The number of pyridine rings is 1. The molecule has 3 atom stereocenters. The van der Waals surface area contributed by atoms with Gasteiger partial charge >= 0.3 is 0 Å². The summed E-state index contributed by atoms with van der Waals surface area (Å²) in [5.74, 6) is -3.95. The quantitative estimate of drug-likeness (QED) is 0.542. The second-order valence-corrected chi connectivity index (χ2v) is 7.62. The molecule has 0 saturated heterocycles. The molecule has 27 heavy (non-hydrogen) atoms. The summed E-state index contributed by atoms with van der Waals surface area (Å²) in [5, 5.41) is 24.5. The van der Waals surface area contributed by atoms with Crippen molar-refractivity contribution in [1.29, 1.82) is 0 Å². The van der Waals surface area contributed by atoms with Gasteiger partial charge in [-0.05, 0) is 32.8 Å². The lowest BCUT2D eigenvalue weighted by atomic mass is 9.89. The van der Waals surface area contributed by atoms with Crippen LogP contribution in [0.2, 0.25) is 5.15 Å². The lowest BCUT2D eigenvalue weighted by Crippen LogP contribution is -2.50. The molecular weight excluding hydrogens is 387 g/mol. The number of carbonyl (C=O) groups excluding carboxylic acids is 1. The number of nitrogens with one attached hydrogen (secondary N) is 2. The van der Waals surface area contributed by atoms with Gasteiger partial charge in [0.25, 0.3) is 11.8 Å². The van der Waals surface area contributed by atoms with Crippen molar-refractivity contribution in [3.8, 4) is 0 Å². The van der Waals surface area contributed by atoms with Gasteiger partial charge in [-0.25, -0.2) is 18.2 Å². The maximum absolute atomic E-state index is 13.8. The first-order valence-corrected chi connectivity index (χ1v) is 8.92. The Morgan fingerprint density at radius 1 is 1.52 bits per heavy atom. The number of alkyl halides is 3. The molecule has 1 aliphatic rings. The number of carbonyl (C=O) groups is 1. The Morgan fingerprint density at radius 2 is 2.19 bits per heavy atom. The number of hydrogen-bond acceptors (Lipinski definition) is 5. The first-order chi connectivity index (χ1) is 12.4. The Hall–Kier alpha value is -1.58. The van der Waals surface area contributed by atoms with Crippen LogP contribution in [0.3, 0.4) is 0 Å². The van der Waals surface area contributed by atoms with Crippen LogP contribution in [0.5, 0.6) is 0 Å². The molecule has 0 spiro atoms. The fraction of sp³-hybridized carbons (Fsp3) is 0.647. The molecule has 10 heteroatoms. The zero-order valence-corrected chi connectivity index (χ0v) is 15.7. The van der Waals surface area contributed by atoms with Crippen molar-refractivity contribution in [1.82, 2.24) is 10.3 Å². The van der Waals surface area contributed by atoms with Gasteiger partial charge in [-0.2, -0.15) is 0 Å². The average molecular weight is 410 g/mol. The first-order valence-electron chi connectivity index (χ1n) is 8.54. The third kappa shape index (κ3) is 5.46. The molecule has 0 aliphatic heterocycles. The number of amides is 1. The standard InChI is InChI=1S/C17H23ClF3N3O3/c1-16(2,27)12(19)8-23-15(26)9-7-22-13(18)6-11(9)24-10-4-3-5-17(20,21)14(10)25/h6-7,10,12,14,25,27H,3-5,8H2,1-2H3,(H,22,24)(H,23,26)/t10?,12-,14?/m1/s1. The summed E-state index contributed by atoms with van der Waals surface area (Å²) in [6.07, 6.45) is -2.42. The predicted molar refractivity (Wildman–Crippen MR) is 95.0 cm³/mol. The predicted octanol–water partition coefficient (Wildman–Crippen LogP) is 2.53. The van der Waals surface area contributed by atoms with Crippen molar-refractivity contribution in [3.63, 3.8) is 0 Å². The van der Waals surface area contributed by atoms with Crippen molar-refractivity contribution < 1.29 is 28.2 Å². The Labute approximate surface area is 160 Å². The number of nitrogens with zero attached hydrogens (tertiary/aromatic N) is 1. The van der Waals surface area contributed by atoms with Gasteiger partial charge in [0.2, 0.25) is 0 Å². The van der Waals surface area contributed by atoms with E-state index in [1.165, 1.54) is 19.9 Å². The number of aliphatic hydroxyl groups is 2. The molecule has 2 rings (SSSR count). The normalized spacial score (nSPS) is 23.6. The molecule has 1 fully saturated rings. The van der Waals surface area contributed by atoms with E-state index < -0.39 is 48.7 Å². The minimum atomic E-state index is -3.23. The van der Waals surface area contributed by atoms with E-state index in [1.807, 2.05) is 0 Å². The highest BCUT2D eigenvalue weighted by atomic mass is 35.5. The van der Waals surface area contributed by atoms with E-state index >= 15 is 0 Å². The van der Waals surface area contributed by atoms with E-state index in [-0.39, 0.29) is 29.2 Å². The Balaban J connectivity index is 2.16. The van der Waals surface area contributed by atoms with Crippen molar-refractivity contribution in [2.75, 3.05) is 11.9 Å². The van der Waals surface area contributed by atoms with Crippen molar-refractivity contribution >= 4 is 23.2 Å². The molecule has 2 unspecified atom stereocenters. The van der Waals surface area contributed by atoms with E-state index in [0.717, 1.165) is 6.20 Å². The van der Waals surface area contributed by atoms with Gasteiger partial charge in [-0.3, -0.25) is 4.79 Å². The summed E-state index contributed by atoms with van der Waals surface area (Å²) in [7, 11) is 0. The minimum absolute atomic E-state index is 0.0194. The van der Waals surface area contributed by atoms with Crippen molar-refractivity contribution in [2.24, 2.45) is 0 Å². The smallest absolute Gasteiger partial charge is 0.275 e. The number of aliphatic hydroxyl groups excluding tert-OH is 1. The van der Waals surface area contributed by atoms with E-state index in [4.69, 9.17) is 11.6 Å². The second-order valence-electron chi connectivity index (χ2n) is 7.23. The minimum Gasteiger partial charge on any atom is -0.387 e. The van der Waals surface area contributed by atoms with Gasteiger partial charge in [0, 0.05) is 12.6 Å². The van der Waals surface area contributed by atoms with Gasteiger partial charge < -0.3 is 20.8 Å². The largest absolute Gasteiger partial charge is 0.387 e. The third-order valence-corrected chi connectivity index (χ3v) is 4.71. The summed E-state index contributed by atoms with van der Waals surface area (Å²) >= 11 is 5.83. The third-order valence-electron chi connectivity index (χ3n) is 4.50. The van der Waals surface area contributed by atoms with Crippen molar-refractivity contribution in [2.45, 2.75) is 63.0 Å². The van der Waals surface area contributed by atoms with Gasteiger partial charge in [0.1, 0.15) is 17.4 Å². The number of rotatable bonds is 6. The van der Waals surface area contributed by atoms with Crippen LogP contribution in [-0.2, 0) is 0 Å². The van der Waals surface area contributed by atoms with Crippen LogP contribution in [0.25, 0.3) is 0 Å². The highest BCUT2D eigenvalue weighted by molar-refractivity contribution is 6.29. The Morgan fingerprint density at radius 3 is 2.81 bits per heavy atom. The van der Waals surface area contributed by atoms with Gasteiger partial charge in [-0.1, -0.05) is 11.6 Å². The van der Waals surface area contributed by atoms with E-state index in [9.17, 15) is 28.2 Å². The maximum Gasteiger partial charge on any atom is 0.275 e. The van der Waals surface area contributed by atoms with E-state index in [0.29, 0.717) is 0 Å². The van der Waals surface area contributed by atoms with Crippen LogP contribution in [0.15, 0.2) is 12.3 Å². The van der Waals surface area contributed by atoms with Crippen LogP contribution in [0, 0.1) is 0 Å². The first kappa shape index (κ1) is 21.7. The molecule has 0 radical (unpaired) electrons. The van der Waals surface area contributed by atoms with Gasteiger partial charge in [-0.15, -0.1) is 0 Å². The summed E-state index contributed by atoms with van der Waals surface area (Å²) in [4.78, 5) is 16.2. The fourth-order valence-electron chi connectivity index (χ4n) is 2.77. The number of hydrogen-bond donors (Lipinski definition) is 4. The topological polar surface area (TPSA) is 94.5 Å². The molecule has 0 bridgehead atoms.